The third-order valence-electron chi connectivity index (χ3n) is 6.42. The molecular weight excluding hydrogens is 464 g/mol. The first-order valence-electron chi connectivity index (χ1n) is 11.6. The average molecular weight is 489 g/mol. The van der Waals surface area contributed by atoms with Crippen LogP contribution in [0.3, 0.4) is 0 Å². The maximum absolute atomic E-state index is 13.1. The van der Waals surface area contributed by atoms with Crippen molar-refractivity contribution in [2.45, 2.75) is 23.8 Å². The van der Waals surface area contributed by atoms with Crippen LogP contribution in [0.1, 0.15) is 34.7 Å². The summed E-state index contributed by atoms with van der Waals surface area (Å²) >= 11 is -1.32. The first-order chi connectivity index (χ1) is 17.1. The summed E-state index contributed by atoms with van der Waals surface area (Å²) in [5, 5.41) is 5.68. The number of hydrogen-bond acceptors (Lipinski definition) is 7. The molecule has 2 fully saturated rings. The van der Waals surface area contributed by atoms with Gasteiger partial charge in [-0.15, -0.1) is 5.10 Å². The first kappa shape index (κ1) is 22.1. The van der Waals surface area contributed by atoms with Crippen molar-refractivity contribution in [3.05, 3.63) is 60.0 Å². The molecule has 1 aliphatic heterocycles. The Kier molecular flexibility index (Phi) is 5.71. The lowest BCUT2D eigenvalue weighted by molar-refractivity contribution is 0.0303. The minimum absolute atomic E-state index is 0.0694. The lowest BCUT2D eigenvalue weighted by atomic mass is 10.1. The second kappa shape index (κ2) is 9.03. The van der Waals surface area contributed by atoms with Crippen LogP contribution in [0.2, 0.25) is 0 Å². The van der Waals surface area contributed by atoms with E-state index in [1.165, 1.54) is 18.4 Å². The van der Waals surface area contributed by atoms with Crippen LogP contribution in [0, 0.1) is 0 Å². The number of pyridine rings is 1. The lowest BCUT2D eigenvalue weighted by Crippen LogP contribution is -2.40. The maximum atomic E-state index is 13.1. The summed E-state index contributed by atoms with van der Waals surface area (Å²) in [4.78, 5) is 28.4. The summed E-state index contributed by atoms with van der Waals surface area (Å²) in [6, 6.07) is 9.49. The molecular formula is C25H24N6O3S. The molecule has 178 valence electrons. The Balaban J connectivity index is 1.37. The van der Waals surface area contributed by atoms with Crippen LogP contribution >= 0.6 is 0 Å². The highest BCUT2D eigenvalue weighted by Crippen LogP contribution is 2.40. The molecule has 1 saturated heterocycles. The van der Waals surface area contributed by atoms with Crippen molar-refractivity contribution in [3.63, 3.8) is 0 Å². The van der Waals surface area contributed by atoms with E-state index in [2.05, 4.69) is 32.2 Å². The fourth-order valence-corrected chi connectivity index (χ4v) is 5.05. The van der Waals surface area contributed by atoms with E-state index < -0.39 is 11.2 Å². The van der Waals surface area contributed by atoms with E-state index >= 15 is 0 Å². The Morgan fingerprint density at radius 3 is 2.57 bits per heavy atom. The standard InChI is InChI=1S/C25H24N6O3S/c1-35(33)23-20-5-4-18(24(32)30-8-10-34-11-9-30)13-22(20)31(29-23)25-27-14-19(15-28-25)21-12-17(6-7-26-21)16-2-3-16/h4-7,12-16H,2-3,8-11H2,1H3. The monoisotopic (exact) mass is 488 g/mol. The Labute approximate surface area is 205 Å². The Bertz CT molecular complexity index is 1390. The third-order valence-corrected chi connectivity index (χ3v) is 7.27. The Morgan fingerprint density at radius 1 is 1.09 bits per heavy atom. The van der Waals surface area contributed by atoms with E-state index in [1.54, 1.807) is 46.4 Å². The highest BCUT2D eigenvalue weighted by atomic mass is 32.2. The first-order valence-corrected chi connectivity index (χ1v) is 13.2. The fourth-order valence-electron chi connectivity index (χ4n) is 4.37. The summed E-state index contributed by atoms with van der Waals surface area (Å²) in [5.41, 5.74) is 4.11. The summed E-state index contributed by atoms with van der Waals surface area (Å²) in [6.07, 6.45) is 9.31. The largest absolute Gasteiger partial charge is 0.610 e. The van der Waals surface area contributed by atoms with Crippen molar-refractivity contribution in [2.24, 2.45) is 0 Å². The zero-order chi connectivity index (χ0) is 23.9. The summed E-state index contributed by atoms with van der Waals surface area (Å²) in [7, 11) is 0. The molecule has 0 N–H and O–H groups in total. The van der Waals surface area contributed by atoms with Gasteiger partial charge >= 0.3 is 0 Å². The topological polar surface area (TPSA) is 109 Å². The van der Waals surface area contributed by atoms with Crippen LogP contribution < -0.4 is 0 Å². The minimum atomic E-state index is -1.32. The number of rotatable bonds is 5. The summed E-state index contributed by atoms with van der Waals surface area (Å²) < 4.78 is 19.3. The van der Waals surface area contributed by atoms with Gasteiger partial charge in [0, 0.05) is 54.0 Å². The number of aromatic nitrogens is 5. The number of morpholine rings is 1. The normalized spacial score (nSPS) is 17.0. The van der Waals surface area contributed by atoms with Gasteiger partial charge in [0.15, 0.2) is 0 Å². The van der Waals surface area contributed by atoms with Gasteiger partial charge in [0.05, 0.1) is 29.8 Å². The Hall–Kier alpha value is -3.34. The molecule has 3 aromatic heterocycles. The number of carbonyl (C=O) groups excluding carboxylic acids is 1. The molecule has 1 saturated carbocycles. The molecule has 0 radical (unpaired) electrons. The van der Waals surface area contributed by atoms with Gasteiger partial charge in [-0.1, -0.05) is 0 Å². The number of amides is 1. The molecule has 1 unspecified atom stereocenters. The molecule has 10 heteroatoms. The minimum Gasteiger partial charge on any atom is -0.610 e. The maximum Gasteiger partial charge on any atom is 0.271 e. The number of benzene rings is 1. The third kappa shape index (κ3) is 4.29. The highest BCUT2D eigenvalue weighted by Gasteiger charge is 2.25. The van der Waals surface area contributed by atoms with Gasteiger partial charge in [0.1, 0.15) is 6.26 Å². The predicted octanol–water partition coefficient (Wildman–Crippen LogP) is 2.96. The van der Waals surface area contributed by atoms with Crippen LogP contribution in [0.4, 0.5) is 0 Å². The van der Waals surface area contributed by atoms with Crippen molar-refractivity contribution in [2.75, 3.05) is 32.6 Å². The van der Waals surface area contributed by atoms with Crippen LogP contribution in [-0.2, 0) is 15.9 Å². The molecule has 0 bridgehead atoms. The molecule has 35 heavy (non-hydrogen) atoms. The Morgan fingerprint density at radius 2 is 1.86 bits per heavy atom. The summed E-state index contributed by atoms with van der Waals surface area (Å²) in [6.45, 7) is 2.18. The van der Waals surface area contributed by atoms with Crippen molar-refractivity contribution in [1.29, 1.82) is 0 Å². The van der Waals surface area contributed by atoms with Gasteiger partial charge in [-0.2, -0.15) is 4.68 Å². The van der Waals surface area contributed by atoms with Crippen molar-refractivity contribution in [1.82, 2.24) is 29.6 Å². The molecule has 1 amide bonds. The predicted molar refractivity (Wildman–Crippen MR) is 131 cm³/mol. The van der Waals surface area contributed by atoms with Gasteiger partial charge < -0.3 is 14.2 Å². The van der Waals surface area contributed by atoms with Crippen LogP contribution in [0.15, 0.2) is 53.9 Å². The molecule has 9 nitrogen and oxygen atoms in total. The molecule has 1 aromatic carbocycles. The van der Waals surface area contributed by atoms with Crippen LogP contribution in [-0.4, -0.2) is 72.7 Å². The number of ether oxygens (including phenoxy) is 1. The van der Waals surface area contributed by atoms with Crippen molar-refractivity contribution < 1.29 is 14.1 Å². The number of fused-ring (bicyclic) bond motifs is 1. The van der Waals surface area contributed by atoms with E-state index in [1.807, 2.05) is 6.20 Å². The van der Waals surface area contributed by atoms with E-state index in [9.17, 15) is 9.35 Å². The molecule has 4 heterocycles. The highest BCUT2D eigenvalue weighted by molar-refractivity contribution is 7.90. The van der Waals surface area contributed by atoms with E-state index in [-0.39, 0.29) is 5.91 Å². The average Bonchev–Trinajstić information content (AvgIpc) is 3.69. The molecule has 0 spiro atoms. The van der Waals surface area contributed by atoms with Crippen LogP contribution in [0.5, 0.6) is 0 Å². The van der Waals surface area contributed by atoms with Crippen molar-refractivity contribution >= 4 is 28.0 Å². The van der Waals surface area contributed by atoms with Crippen molar-refractivity contribution in [3.8, 4) is 17.2 Å². The second-order valence-electron chi connectivity index (χ2n) is 8.83. The van der Waals surface area contributed by atoms with E-state index in [4.69, 9.17) is 4.74 Å². The molecule has 4 aromatic rings. The molecule has 6 rings (SSSR count). The number of hydrogen-bond donors (Lipinski definition) is 0. The van der Waals surface area contributed by atoms with E-state index in [0.29, 0.717) is 59.7 Å². The van der Waals surface area contributed by atoms with Gasteiger partial charge in [-0.3, -0.25) is 9.78 Å². The zero-order valence-electron chi connectivity index (χ0n) is 19.3. The van der Waals surface area contributed by atoms with Gasteiger partial charge in [0.25, 0.3) is 16.9 Å². The van der Waals surface area contributed by atoms with Crippen LogP contribution in [0.25, 0.3) is 28.1 Å². The molecule has 1 aliphatic carbocycles. The van der Waals surface area contributed by atoms with Gasteiger partial charge in [0.2, 0.25) is 0 Å². The molecule has 1 atom stereocenters. The second-order valence-corrected chi connectivity index (χ2v) is 10.1. The van der Waals surface area contributed by atoms with E-state index in [0.717, 1.165) is 11.3 Å². The number of carbonyl (C=O) groups is 1. The quantitative estimate of drug-likeness (QED) is 0.397. The van der Waals surface area contributed by atoms with Gasteiger partial charge in [-0.25, -0.2) is 9.97 Å². The molecule has 2 aliphatic rings. The number of nitrogens with zero attached hydrogens (tertiary/aromatic N) is 6. The fraction of sp³-hybridized carbons (Fsp3) is 0.320. The smallest absolute Gasteiger partial charge is 0.271 e. The lowest BCUT2D eigenvalue weighted by Gasteiger charge is -2.26. The summed E-state index contributed by atoms with van der Waals surface area (Å²) in [5.74, 6) is 0.903. The zero-order valence-corrected chi connectivity index (χ0v) is 20.1. The van der Waals surface area contributed by atoms with Gasteiger partial charge in [-0.05, 0) is 54.7 Å². The SMILES string of the molecule is C[S+]([O-])c1nn(-c2ncc(-c3cc(C4CC4)ccn3)cn2)c2cc(C(=O)N3CCOCC3)ccc12.